The highest BCUT2D eigenvalue weighted by Crippen LogP contribution is 2.40. The Bertz CT molecular complexity index is 398. The smallest absolute Gasteiger partial charge is 0.127 e. The molecule has 1 aliphatic rings. The normalized spacial score (nSPS) is 19.0. The molecule has 2 nitrogen and oxygen atoms in total. The molecule has 0 aliphatic carbocycles. The second-order valence-electron chi connectivity index (χ2n) is 5.12. The summed E-state index contributed by atoms with van der Waals surface area (Å²) >= 11 is 0. The molecule has 0 saturated heterocycles. The lowest BCUT2D eigenvalue weighted by molar-refractivity contribution is 0.250. The average Bonchev–Trinajstić information content (AvgIpc) is 2.29. The highest BCUT2D eigenvalue weighted by Gasteiger charge is 2.25. The molecule has 0 spiro atoms. The number of benzene rings is 1. The summed E-state index contributed by atoms with van der Waals surface area (Å²) in [7, 11) is 0. The third-order valence-corrected chi connectivity index (χ3v) is 3.52. The first kappa shape index (κ1) is 12.4. The predicted molar refractivity (Wildman–Crippen MR) is 71.8 cm³/mol. The number of hydrogen-bond acceptors (Lipinski definition) is 2. The fraction of sp³-hybridized carbons (Fsp3) is 0.600. The zero-order valence-corrected chi connectivity index (χ0v) is 11.3. The van der Waals surface area contributed by atoms with Gasteiger partial charge in [-0.1, -0.05) is 32.9 Å². The number of aryl methyl sites for hydroxylation is 1. The van der Waals surface area contributed by atoms with E-state index in [1.54, 1.807) is 0 Å². The van der Waals surface area contributed by atoms with Crippen LogP contribution in [0.3, 0.4) is 0 Å². The second kappa shape index (κ2) is 5.09. The van der Waals surface area contributed by atoms with Gasteiger partial charge in [0.1, 0.15) is 5.75 Å². The fourth-order valence-electron chi connectivity index (χ4n) is 2.64. The molecule has 2 rings (SSSR count). The Morgan fingerprint density at radius 1 is 1.41 bits per heavy atom. The highest BCUT2D eigenvalue weighted by atomic mass is 16.5. The van der Waals surface area contributed by atoms with Crippen molar-refractivity contribution in [3.05, 3.63) is 28.8 Å². The van der Waals surface area contributed by atoms with Crippen molar-refractivity contribution in [2.75, 3.05) is 13.2 Å². The van der Waals surface area contributed by atoms with Crippen LogP contribution in [0, 0.1) is 6.92 Å². The van der Waals surface area contributed by atoms with Gasteiger partial charge in [0.15, 0.2) is 0 Å². The monoisotopic (exact) mass is 233 g/mol. The maximum Gasteiger partial charge on any atom is 0.127 e. The number of rotatable bonds is 3. The van der Waals surface area contributed by atoms with Gasteiger partial charge in [-0.3, -0.25) is 0 Å². The van der Waals surface area contributed by atoms with Gasteiger partial charge in [-0.25, -0.2) is 0 Å². The van der Waals surface area contributed by atoms with Crippen molar-refractivity contribution in [2.24, 2.45) is 0 Å². The third-order valence-electron chi connectivity index (χ3n) is 3.52. The van der Waals surface area contributed by atoms with Crippen molar-refractivity contribution in [1.82, 2.24) is 5.32 Å². The van der Waals surface area contributed by atoms with Crippen molar-refractivity contribution in [3.63, 3.8) is 0 Å². The zero-order valence-electron chi connectivity index (χ0n) is 11.3. The first-order valence-electron chi connectivity index (χ1n) is 6.64. The van der Waals surface area contributed by atoms with Gasteiger partial charge >= 0.3 is 0 Å². The van der Waals surface area contributed by atoms with Gasteiger partial charge in [0, 0.05) is 18.0 Å². The van der Waals surface area contributed by atoms with E-state index < -0.39 is 0 Å². The standard InChI is InChI=1S/C15H23NO/c1-5-16-13-8-9-17-15-12(10(2)3)7-6-11(4)14(13)15/h6-7,10,13,16H,5,8-9H2,1-4H3. The number of hydrogen-bond donors (Lipinski definition) is 1. The summed E-state index contributed by atoms with van der Waals surface area (Å²) in [6, 6.07) is 4.91. The van der Waals surface area contributed by atoms with E-state index in [2.05, 4.69) is 45.1 Å². The van der Waals surface area contributed by atoms with Crippen molar-refractivity contribution in [3.8, 4) is 5.75 Å². The van der Waals surface area contributed by atoms with Crippen molar-refractivity contribution >= 4 is 0 Å². The fourth-order valence-corrected chi connectivity index (χ4v) is 2.64. The van der Waals surface area contributed by atoms with E-state index >= 15 is 0 Å². The zero-order chi connectivity index (χ0) is 12.4. The molecule has 1 heterocycles. The van der Waals surface area contributed by atoms with E-state index in [-0.39, 0.29) is 0 Å². The van der Waals surface area contributed by atoms with E-state index in [0.29, 0.717) is 12.0 Å². The van der Waals surface area contributed by atoms with Crippen molar-refractivity contribution in [2.45, 2.75) is 46.1 Å². The number of ether oxygens (including phenoxy) is 1. The average molecular weight is 233 g/mol. The van der Waals surface area contributed by atoms with Crippen LogP contribution in [0.5, 0.6) is 5.75 Å². The minimum Gasteiger partial charge on any atom is -0.493 e. The van der Waals surface area contributed by atoms with Crippen LogP contribution in [0.4, 0.5) is 0 Å². The number of fused-ring (bicyclic) bond motifs is 1. The SMILES string of the molecule is CCNC1CCOc2c(C(C)C)ccc(C)c21. The molecule has 2 heteroatoms. The molecule has 0 fully saturated rings. The molecule has 0 radical (unpaired) electrons. The van der Waals surface area contributed by atoms with Crippen LogP contribution in [0.2, 0.25) is 0 Å². The first-order valence-corrected chi connectivity index (χ1v) is 6.64. The van der Waals surface area contributed by atoms with Crippen molar-refractivity contribution in [1.29, 1.82) is 0 Å². The molecule has 0 saturated carbocycles. The summed E-state index contributed by atoms with van der Waals surface area (Å²) < 4.78 is 5.93. The van der Waals surface area contributed by atoms with E-state index in [1.165, 1.54) is 16.7 Å². The molecule has 94 valence electrons. The van der Waals surface area contributed by atoms with Crippen LogP contribution in [-0.4, -0.2) is 13.2 Å². The highest BCUT2D eigenvalue weighted by molar-refractivity contribution is 5.50. The van der Waals surface area contributed by atoms with Gasteiger partial charge in [-0.2, -0.15) is 0 Å². The first-order chi connectivity index (χ1) is 8.15. The molecule has 1 aromatic carbocycles. The Morgan fingerprint density at radius 2 is 2.18 bits per heavy atom. The Kier molecular flexibility index (Phi) is 3.72. The summed E-state index contributed by atoms with van der Waals surface area (Å²) in [4.78, 5) is 0. The number of nitrogens with one attached hydrogen (secondary N) is 1. The second-order valence-corrected chi connectivity index (χ2v) is 5.12. The predicted octanol–water partition coefficient (Wildman–Crippen LogP) is 3.55. The Hall–Kier alpha value is -1.02. The molecule has 1 aromatic rings. The molecular weight excluding hydrogens is 210 g/mol. The van der Waals surface area contributed by atoms with Gasteiger partial charge < -0.3 is 10.1 Å². The van der Waals surface area contributed by atoms with E-state index in [4.69, 9.17) is 4.74 Å². The van der Waals surface area contributed by atoms with Crippen LogP contribution in [0.1, 0.15) is 55.8 Å². The molecular formula is C15H23NO. The summed E-state index contributed by atoms with van der Waals surface area (Å²) in [6.07, 6.45) is 1.07. The van der Waals surface area contributed by atoms with Crippen LogP contribution in [-0.2, 0) is 0 Å². The Labute approximate surface area is 104 Å². The summed E-state index contributed by atoms with van der Waals surface area (Å²) in [5.41, 5.74) is 4.06. The Morgan fingerprint density at radius 3 is 2.82 bits per heavy atom. The van der Waals surface area contributed by atoms with Crippen LogP contribution >= 0.6 is 0 Å². The minimum absolute atomic E-state index is 0.461. The van der Waals surface area contributed by atoms with Gasteiger partial charge in [-0.05, 0) is 30.5 Å². The lowest BCUT2D eigenvalue weighted by Crippen LogP contribution is -2.28. The van der Waals surface area contributed by atoms with Gasteiger partial charge in [0.05, 0.1) is 6.61 Å². The van der Waals surface area contributed by atoms with Gasteiger partial charge in [0.25, 0.3) is 0 Å². The van der Waals surface area contributed by atoms with Gasteiger partial charge in [-0.15, -0.1) is 0 Å². The maximum atomic E-state index is 5.93. The van der Waals surface area contributed by atoms with E-state index in [0.717, 1.165) is 25.3 Å². The molecule has 1 atom stereocenters. The lowest BCUT2D eigenvalue weighted by atomic mass is 9.89. The molecule has 0 aromatic heterocycles. The van der Waals surface area contributed by atoms with Gasteiger partial charge in [0.2, 0.25) is 0 Å². The van der Waals surface area contributed by atoms with Crippen LogP contribution in [0.15, 0.2) is 12.1 Å². The summed E-state index contributed by atoms with van der Waals surface area (Å²) in [6.45, 7) is 10.6. The van der Waals surface area contributed by atoms with E-state index in [9.17, 15) is 0 Å². The molecule has 17 heavy (non-hydrogen) atoms. The molecule has 1 N–H and O–H groups in total. The molecule has 0 amide bonds. The van der Waals surface area contributed by atoms with Crippen LogP contribution in [0.25, 0.3) is 0 Å². The minimum atomic E-state index is 0.461. The van der Waals surface area contributed by atoms with Crippen LogP contribution < -0.4 is 10.1 Å². The largest absolute Gasteiger partial charge is 0.493 e. The quantitative estimate of drug-likeness (QED) is 0.862. The Balaban J connectivity index is 2.48. The lowest BCUT2D eigenvalue weighted by Gasteiger charge is -2.30. The summed E-state index contributed by atoms with van der Waals surface area (Å²) in [5.74, 6) is 1.65. The molecule has 1 aliphatic heterocycles. The molecule has 0 bridgehead atoms. The topological polar surface area (TPSA) is 21.3 Å². The maximum absolute atomic E-state index is 5.93. The van der Waals surface area contributed by atoms with E-state index in [1.807, 2.05) is 0 Å². The van der Waals surface area contributed by atoms with Crippen molar-refractivity contribution < 1.29 is 4.74 Å². The summed E-state index contributed by atoms with van der Waals surface area (Å²) in [5, 5.41) is 3.57. The molecule has 1 unspecified atom stereocenters. The third kappa shape index (κ3) is 2.32.